The molecule has 0 aliphatic heterocycles. The molecule has 5 heteroatoms. The zero-order valence-electron chi connectivity index (χ0n) is 19.0. The molecule has 1 heterocycles. The Kier molecular flexibility index (Phi) is 6.56. The van der Waals surface area contributed by atoms with Crippen LogP contribution in [0.2, 0.25) is 0 Å². The summed E-state index contributed by atoms with van der Waals surface area (Å²) in [4.78, 5) is 6.53. The highest BCUT2D eigenvalue weighted by molar-refractivity contribution is 7.80. The van der Waals surface area contributed by atoms with Crippen molar-refractivity contribution in [3.63, 3.8) is 0 Å². The highest BCUT2D eigenvalue weighted by Crippen LogP contribution is 2.32. The molecule has 1 aromatic heterocycles. The molecule has 2 N–H and O–H groups in total. The molecule has 0 spiro atoms. The molecule has 0 saturated carbocycles. The first-order valence-corrected chi connectivity index (χ1v) is 11.4. The molecule has 1 aromatic carbocycles. The van der Waals surface area contributed by atoms with Gasteiger partial charge in [-0.25, -0.2) is 4.98 Å². The Balaban J connectivity index is 1.34. The fraction of sp³-hybridized carbons (Fsp3) is 0.259. The number of nitrogens with one attached hydrogen (secondary N) is 2. The standard InChI is InChI=1S/C27H30N4S/c1-18-8-9-21(14-18)11-10-20-6-5-7-24(15-20)30-27(32)29-19(2)23-16-22-12-13-28-26(31(3)4)25(22)17-23/h5-9,12-15,17-18H,2,10-11,16H2,1,3-4H3,(H2,29,30,32). The maximum absolute atomic E-state index is 5.56. The summed E-state index contributed by atoms with van der Waals surface area (Å²) in [6.45, 7) is 6.44. The van der Waals surface area contributed by atoms with Gasteiger partial charge in [0.25, 0.3) is 0 Å². The molecule has 2 aliphatic rings. The minimum absolute atomic E-state index is 0.547. The molecule has 164 valence electrons. The number of aryl methyl sites for hydroxylation is 1. The molecule has 2 aliphatic carbocycles. The summed E-state index contributed by atoms with van der Waals surface area (Å²) in [6.07, 6.45) is 13.7. The fourth-order valence-corrected chi connectivity index (χ4v) is 4.40. The van der Waals surface area contributed by atoms with Crippen molar-refractivity contribution in [1.29, 1.82) is 0 Å². The van der Waals surface area contributed by atoms with Crippen LogP contribution in [0.15, 0.2) is 78.2 Å². The Labute approximate surface area is 196 Å². The third-order valence-electron chi connectivity index (χ3n) is 5.81. The van der Waals surface area contributed by atoms with Crippen molar-refractivity contribution in [1.82, 2.24) is 10.3 Å². The van der Waals surface area contributed by atoms with Crippen LogP contribution in [0.5, 0.6) is 0 Å². The summed E-state index contributed by atoms with van der Waals surface area (Å²) in [5.74, 6) is 1.53. The number of fused-ring (bicyclic) bond motifs is 1. The largest absolute Gasteiger partial charge is 0.362 e. The quantitative estimate of drug-likeness (QED) is 0.542. The van der Waals surface area contributed by atoms with Crippen LogP contribution in [0.1, 0.15) is 30.0 Å². The normalized spacial score (nSPS) is 16.3. The van der Waals surface area contributed by atoms with Gasteiger partial charge in [0.1, 0.15) is 5.82 Å². The van der Waals surface area contributed by atoms with E-state index in [1.54, 1.807) is 0 Å². The van der Waals surface area contributed by atoms with E-state index in [0.717, 1.165) is 47.6 Å². The van der Waals surface area contributed by atoms with Crippen molar-refractivity contribution < 1.29 is 0 Å². The van der Waals surface area contributed by atoms with E-state index in [4.69, 9.17) is 12.2 Å². The maximum atomic E-state index is 5.56. The Hall–Kier alpha value is -3.18. The lowest BCUT2D eigenvalue weighted by atomic mass is 10.0. The highest BCUT2D eigenvalue weighted by Gasteiger charge is 2.19. The molecule has 32 heavy (non-hydrogen) atoms. The van der Waals surface area contributed by atoms with Crippen LogP contribution in [0.3, 0.4) is 0 Å². The molecule has 4 rings (SSSR count). The summed E-state index contributed by atoms with van der Waals surface area (Å²) in [5, 5.41) is 7.11. The van der Waals surface area contributed by atoms with Crippen molar-refractivity contribution >= 4 is 34.9 Å². The van der Waals surface area contributed by atoms with Crippen LogP contribution in [0, 0.1) is 5.92 Å². The number of hydrogen-bond acceptors (Lipinski definition) is 3. The number of nitrogens with zero attached hydrogens (tertiary/aromatic N) is 2. The number of allylic oxidation sites excluding steroid dienone is 5. The zero-order chi connectivity index (χ0) is 22.7. The van der Waals surface area contributed by atoms with Gasteiger partial charge in [-0.3, -0.25) is 0 Å². The Bertz CT molecular complexity index is 1140. The number of aromatic nitrogens is 1. The smallest absolute Gasteiger partial charge is 0.175 e. The van der Waals surface area contributed by atoms with E-state index < -0.39 is 0 Å². The summed E-state index contributed by atoms with van der Waals surface area (Å²) in [6, 6.07) is 10.5. The van der Waals surface area contributed by atoms with Crippen LogP contribution >= 0.6 is 12.2 Å². The molecule has 0 bridgehead atoms. The van der Waals surface area contributed by atoms with Crippen LogP contribution in [-0.4, -0.2) is 24.2 Å². The monoisotopic (exact) mass is 442 g/mol. The van der Waals surface area contributed by atoms with E-state index in [1.807, 2.05) is 31.3 Å². The van der Waals surface area contributed by atoms with Gasteiger partial charge in [-0.15, -0.1) is 0 Å². The van der Waals surface area contributed by atoms with Crippen LogP contribution < -0.4 is 15.5 Å². The van der Waals surface area contributed by atoms with Gasteiger partial charge in [0.05, 0.1) is 0 Å². The molecule has 0 amide bonds. The van der Waals surface area contributed by atoms with Crippen molar-refractivity contribution in [3.8, 4) is 0 Å². The molecule has 4 nitrogen and oxygen atoms in total. The number of rotatable bonds is 7. The van der Waals surface area contributed by atoms with Crippen molar-refractivity contribution in [3.05, 3.63) is 94.9 Å². The van der Waals surface area contributed by atoms with E-state index in [1.165, 1.54) is 16.7 Å². The van der Waals surface area contributed by atoms with E-state index in [-0.39, 0.29) is 0 Å². The fourth-order valence-electron chi connectivity index (χ4n) is 4.16. The number of anilines is 2. The van der Waals surface area contributed by atoms with E-state index in [9.17, 15) is 0 Å². The summed E-state index contributed by atoms with van der Waals surface area (Å²) in [5.41, 5.74) is 8.05. The SMILES string of the molecule is C=C(NC(=S)Nc1cccc(CCC2=CC(C)C=C2)c1)C1=Cc2c(ccnc2N(C)C)C1. The maximum Gasteiger partial charge on any atom is 0.175 e. The predicted octanol–water partition coefficient (Wildman–Crippen LogP) is 5.65. The minimum Gasteiger partial charge on any atom is -0.362 e. The highest BCUT2D eigenvalue weighted by atomic mass is 32.1. The van der Waals surface area contributed by atoms with Crippen molar-refractivity contribution in [2.75, 3.05) is 24.3 Å². The molecule has 0 fully saturated rings. The van der Waals surface area contributed by atoms with Gasteiger partial charge in [-0.05, 0) is 72.0 Å². The molecule has 0 radical (unpaired) electrons. The number of pyridine rings is 1. The van der Waals surface area contributed by atoms with Gasteiger partial charge in [0, 0.05) is 43.7 Å². The molecule has 1 unspecified atom stereocenters. The summed E-state index contributed by atoms with van der Waals surface area (Å²) in [7, 11) is 4.02. The van der Waals surface area contributed by atoms with Gasteiger partial charge in [0.15, 0.2) is 5.11 Å². The summed E-state index contributed by atoms with van der Waals surface area (Å²) < 4.78 is 0. The Morgan fingerprint density at radius 3 is 2.84 bits per heavy atom. The minimum atomic E-state index is 0.547. The number of hydrogen-bond donors (Lipinski definition) is 2. The Morgan fingerprint density at radius 1 is 1.25 bits per heavy atom. The molecule has 2 aromatic rings. The predicted molar refractivity (Wildman–Crippen MR) is 140 cm³/mol. The summed E-state index contributed by atoms with van der Waals surface area (Å²) >= 11 is 5.56. The third-order valence-corrected chi connectivity index (χ3v) is 6.02. The second-order valence-corrected chi connectivity index (χ2v) is 9.07. The average molecular weight is 443 g/mol. The number of benzene rings is 1. The van der Waals surface area contributed by atoms with Crippen molar-refractivity contribution in [2.24, 2.45) is 5.92 Å². The topological polar surface area (TPSA) is 40.2 Å². The van der Waals surface area contributed by atoms with Crippen molar-refractivity contribution in [2.45, 2.75) is 26.2 Å². The third kappa shape index (κ3) is 5.17. The lowest BCUT2D eigenvalue weighted by Crippen LogP contribution is -2.28. The molecule has 0 saturated heterocycles. The second kappa shape index (κ2) is 9.53. The first-order chi connectivity index (χ1) is 15.4. The van der Waals surface area contributed by atoms with Gasteiger partial charge < -0.3 is 15.5 Å². The molecule has 1 atom stereocenters. The molecular weight excluding hydrogens is 412 g/mol. The first-order valence-electron chi connectivity index (χ1n) is 11.0. The van der Waals surface area contributed by atoms with E-state index in [2.05, 4.69) is 77.7 Å². The van der Waals surface area contributed by atoms with Crippen LogP contribution in [-0.2, 0) is 12.8 Å². The molecular formula is C27H30N4S. The average Bonchev–Trinajstić information content (AvgIpc) is 3.38. The van der Waals surface area contributed by atoms with Crippen LogP contribution in [0.25, 0.3) is 6.08 Å². The second-order valence-electron chi connectivity index (χ2n) is 8.67. The van der Waals surface area contributed by atoms with Gasteiger partial charge in [0.2, 0.25) is 0 Å². The number of thiocarbonyl (C=S) groups is 1. The Morgan fingerprint density at radius 2 is 2.09 bits per heavy atom. The lowest BCUT2D eigenvalue weighted by Gasteiger charge is -2.14. The van der Waals surface area contributed by atoms with Gasteiger partial charge in [-0.2, -0.15) is 0 Å². The van der Waals surface area contributed by atoms with Crippen LogP contribution in [0.4, 0.5) is 11.5 Å². The van der Waals surface area contributed by atoms with E-state index in [0.29, 0.717) is 11.0 Å². The zero-order valence-corrected chi connectivity index (χ0v) is 19.8. The van der Waals surface area contributed by atoms with Gasteiger partial charge >= 0.3 is 0 Å². The lowest BCUT2D eigenvalue weighted by molar-refractivity contribution is 0.927. The van der Waals surface area contributed by atoms with E-state index >= 15 is 0 Å². The first kappa shape index (κ1) is 22.0. The van der Waals surface area contributed by atoms with Gasteiger partial charge in [-0.1, -0.05) is 49.4 Å².